The summed E-state index contributed by atoms with van der Waals surface area (Å²) in [7, 11) is 0. The van der Waals surface area contributed by atoms with Crippen molar-refractivity contribution in [2.24, 2.45) is 17.8 Å². The Morgan fingerprint density at radius 2 is 1.79 bits per heavy atom. The lowest BCUT2D eigenvalue weighted by Gasteiger charge is -2.31. The molecule has 1 saturated heterocycles. The monoisotopic (exact) mass is 482 g/mol. The van der Waals surface area contributed by atoms with Crippen molar-refractivity contribution < 1.29 is 29.2 Å². The largest absolute Gasteiger partial charge is 0.463 e. The fraction of sp³-hybridized carbons (Fsp3) is 0.893. The second-order valence-electron chi connectivity index (χ2n) is 10.5. The minimum atomic E-state index is -0.481. The van der Waals surface area contributed by atoms with Gasteiger partial charge in [-0.1, -0.05) is 44.8 Å². The molecule has 2 rings (SSSR count). The number of hydrogen-bond acceptors (Lipinski definition) is 6. The topological polar surface area (TPSA) is 85.2 Å². The predicted molar refractivity (Wildman–Crippen MR) is 134 cm³/mol. The van der Waals surface area contributed by atoms with Crippen molar-refractivity contribution in [1.82, 2.24) is 0 Å². The zero-order chi connectivity index (χ0) is 24.8. The maximum Gasteiger partial charge on any atom is 0.306 e. The first-order valence-corrected chi connectivity index (χ1v) is 13.8. The number of ether oxygens (including phenoxy) is 3. The molecule has 2 aliphatic rings. The molecule has 198 valence electrons. The van der Waals surface area contributed by atoms with Gasteiger partial charge in [0.2, 0.25) is 0 Å². The Balaban J connectivity index is 1.83. The summed E-state index contributed by atoms with van der Waals surface area (Å²) < 4.78 is 17.4. The molecule has 0 aromatic carbocycles. The van der Waals surface area contributed by atoms with Crippen molar-refractivity contribution in [3.8, 4) is 0 Å². The van der Waals surface area contributed by atoms with Gasteiger partial charge in [-0.3, -0.25) is 4.79 Å². The number of aliphatic hydroxyl groups is 2. The third kappa shape index (κ3) is 9.96. The standard InChI is InChI=1S/C28H50O6/c1-4-5-6-9-12-16-28(32-18-19-33-28)17-15-24-23(21-29)20-26(30)25(24)13-10-7-8-11-14-27(31)34-22(2)3/h7,10,22-26,29-30H,4-6,8-9,11-21H2,1-3H3/t23-,24-,25?,26-/m0/s1. The summed E-state index contributed by atoms with van der Waals surface area (Å²) in [4.78, 5) is 11.6. The number of hydrogen-bond donors (Lipinski definition) is 2. The number of unbranched alkanes of at least 4 members (excludes halogenated alkanes) is 5. The smallest absolute Gasteiger partial charge is 0.306 e. The number of esters is 1. The Labute approximate surface area is 207 Å². The van der Waals surface area contributed by atoms with Gasteiger partial charge in [0.05, 0.1) is 25.4 Å². The molecule has 2 fully saturated rings. The molecule has 1 saturated carbocycles. The van der Waals surface area contributed by atoms with Gasteiger partial charge >= 0.3 is 5.97 Å². The third-order valence-electron chi connectivity index (χ3n) is 7.46. The van der Waals surface area contributed by atoms with Gasteiger partial charge in [-0.15, -0.1) is 0 Å². The van der Waals surface area contributed by atoms with Gasteiger partial charge in [0.15, 0.2) is 5.79 Å². The number of carbonyl (C=O) groups excluding carboxylic acids is 1. The molecule has 0 spiro atoms. The average Bonchev–Trinajstić information content (AvgIpc) is 3.38. The van der Waals surface area contributed by atoms with Crippen LogP contribution in [0.15, 0.2) is 12.2 Å². The number of carbonyl (C=O) groups is 1. The van der Waals surface area contributed by atoms with Crippen molar-refractivity contribution in [3.63, 3.8) is 0 Å². The summed E-state index contributed by atoms with van der Waals surface area (Å²) in [6.07, 6.45) is 16.1. The molecule has 1 aliphatic heterocycles. The minimum absolute atomic E-state index is 0.0662. The van der Waals surface area contributed by atoms with E-state index < -0.39 is 5.79 Å². The van der Waals surface area contributed by atoms with E-state index in [-0.39, 0.29) is 42.5 Å². The van der Waals surface area contributed by atoms with Crippen LogP contribution >= 0.6 is 0 Å². The Morgan fingerprint density at radius 1 is 1.06 bits per heavy atom. The molecule has 2 N–H and O–H groups in total. The Hall–Kier alpha value is -0.950. The van der Waals surface area contributed by atoms with Crippen LogP contribution < -0.4 is 0 Å². The maximum absolute atomic E-state index is 11.6. The van der Waals surface area contributed by atoms with E-state index in [4.69, 9.17) is 14.2 Å². The summed E-state index contributed by atoms with van der Waals surface area (Å²) in [6.45, 7) is 7.38. The van der Waals surface area contributed by atoms with Crippen LogP contribution in [0.2, 0.25) is 0 Å². The van der Waals surface area contributed by atoms with Gasteiger partial charge < -0.3 is 24.4 Å². The Bertz CT molecular complexity index is 583. The molecule has 1 heterocycles. The minimum Gasteiger partial charge on any atom is -0.463 e. The van der Waals surface area contributed by atoms with Crippen molar-refractivity contribution in [2.75, 3.05) is 19.8 Å². The van der Waals surface area contributed by atoms with Crippen molar-refractivity contribution in [1.29, 1.82) is 0 Å². The SMILES string of the molecule is CCCCCCCC1(CC[C@@H]2C(CC=CCCCC(=O)OC(C)C)[C@@H](O)C[C@H]2CO)OCCO1. The molecular formula is C28H50O6. The second-order valence-corrected chi connectivity index (χ2v) is 10.5. The van der Waals surface area contributed by atoms with Gasteiger partial charge in [-0.25, -0.2) is 0 Å². The van der Waals surface area contributed by atoms with E-state index in [1.807, 2.05) is 13.8 Å². The van der Waals surface area contributed by atoms with E-state index >= 15 is 0 Å². The molecule has 34 heavy (non-hydrogen) atoms. The predicted octanol–water partition coefficient (Wildman–Crippen LogP) is 5.54. The highest BCUT2D eigenvalue weighted by Gasteiger charge is 2.44. The highest BCUT2D eigenvalue weighted by Crippen LogP contribution is 2.44. The lowest BCUT2D eigenvalue weighted by atomic mass is 9.82. The van der Waals surface area contributed by atoms with Crippen LogP contribution in [0.4, 0.5) is 0 Å². The normalized spacial score (nSPS) is 26.6. The van der Waals surface area contributed by atoms with Gasteiger partial charge in [-0.05, 0) is 70.1 Å². The first kappa shape index (κ1) is 29.3. The number of rotatable bonds is 17. The fourth-order valence-corrected chi connectivity index (χ4v) is 5.64. The average molecular weight is 483 g/mol. The molecule has 0 amide bonds. The lowest BCUT2D eigenvalue weighted by Crippen LogP contribution is -2.32. The highest BCUT2D eigenvalue weighted by atomic mass is 16.7. The molecule has 6 nitrogen and oxygen atoms in total. The van der Waals surface area contributed by atoms with Crippen LogP contribution in [0.1, 0.15) is 104 Å². The molecular weight excluding hydrogens is 432 g/mol. The van der Waals surface area contributed by atoms with Crippen LogP contribution in [-0.4, -0.2) is 54.0 Å². The second kappa shape index (κ2) is 15.9. The van der Waals surface area contributed by atoms with E-state index in [9.17, 15) is 15.0 Å². The Kier molecular flexibility index (Phi) is 13.7. The molecule has 0 aromatic heterocycles. The highest BCUT2D eigenvalue weighted by molar-refractivity contribution is 5.69. The zero-order valence-corrected chi connectivity index (χ0v) is 21.9. The van der Waals surface area contributed by atoms with E-state index in [1.54, 1.807) is 0 Å². The Morgan fingerprint density at radius 3 is 2.47 bits per heavy atom. The van der Waals surface area contributed by atoms with Crippen molar-refractivity contribution in [3.05, 3.63) is 12.2 Å². The molecule has 0 aromatic rings. The van der Waals surface area contributed by atoms with Crippen molar-refractivity contribution in [2.45, 2.75) is 122 Å². The quantitative estimate of drug-likeness (QED) is 0.161. The first-order chi connectivity index (χ1) is 16.4. The van der Waals surface area contributed by atoms with Crippen LogP contribution in [0, 0.1) is 17.8 Å². The summed E-state index contributed by atoms with van der Waals surface area (Å²) in [5, 5.41) is 20.7. The summed E-state index contributed by atoms with van der Waals surface area (Å²) >= 11 is 0. The summed E-state index contributed by atoms with van der Waals surface area (Å²) in [6, 6.07) is 0. The van der Waals surface area contributed by atoms with Gasteiger partial charge in [0.1, 0.15) is 0 Å². The summed E-state index contributed by atoms with van der Waals surface area (Å²) in [5.74, 6) is -0.0962. The van der Waals surface area contributed by atoms with Crippen LogP contribution in [0.5, 0.6) is 0 Å². The van der Waals surface area contributed by atoms with Crippen LogP contribution in [0.3, 0.4) is 0 Å². The molecule has 1 unspecified atom stereocenters. The van der Waals surface area contributed by atoms with E-state index in [0.717, 1.165) is 44.9 Å². The number of allylic oxidation sites excluding steroid dienone is 2. The first-order valence-electron chi connectivity index (χ1n) is 13.8. The number of aliphatic hydroxyl groups excluding tert-OH is 2. The van der Waals surface area contributed by atoms with Gasteiger partial charge in [0, 0.05) is 25.9 Å². The molecule has 1 aliphatic carbocycles. The lowest BCUT2D eigenvalue weighted by molar-refractivity contribution is -0.171. The third-order valence-corrected chi connectivity index (χ3v) is 7.46. The van der Waals surface area contributed by atoms with E-state index in [0.29, 0.717) is 26.1 Å². The summed E-state index contributed by atoms with van der Waals surface area (Å²) in [5.41, 5.74) is 0. The molecule has 0 radical (unpaired) electrons. The molecule has 6 heteroatoms. The van der Waals surface area contributed by atoms with Gasteiger partial charge in [0.25, 0.3) is 0 Å². The maximum atomic E-state index is 11.6. The molecule has 4 atom stereocenters. The van der Waals surface area contributed by atoms with E-state index in [1.165, 1.54) is 25.7 Å². The van der Waals surface area contributed by atoms with E-state index in [2.05, 4.69) is 19.1 Å². The van der Waals surface area contributed by atoms with Crippen LogP contribution in [0.25, 0.3) is 0 Å². The molecule has 0 bridgehead atoms. The van der Waals surface area contributed by atoms with Crippen molar-refractivity contribution >= 4 is 5.97 Å². The van der Waals surface area contributed by atoms with Gasteiger partial charge in [-0.2, -0.15) is 0 Å². The zero-order valence-electron chi connectivity index (χ0n) is 21.9. The van der Waals surface area contributed by atoms with Crippen LogP contribution in [-0.2, 0) is 19.0 Å². The fourth-order valence-electron chi connectivity index (χ4n) is 5.64.